The van der Waals surface area contributed by atoms with Gasteiger partial charge in [-0.1, -0.05) is 30.3 Å². The van der Waals surface area contributed by atoms with E-state index < -0.39 is 0 Å². The highest BCUT2D eigenvalue weighted by Crippen LogP contribution is 2.29. The molecule has 0 bridgehead atoms. The van der Waals surface area contributed by atoms with E-state index in [1.165, 1.54) is 6.07 Å². The average Bonchev–Trinajstić information content (AvgIpc) is 3.14. The molecule has 1 fully saturated rings. The quantitative estimate of drug-likeness (QED) is 0.721. The van der Waals surface area contributed by atoms with Crippen molar-refractivity contribution in [1.82, 2.24) is 9.88 Å². The predicted octanol–water partition coefficient (Wildman–Crippen LogP) is 4.15. The molecule has 0 atom stereocenters. The van der Waals surface area contributed by atoms with Gasteiger partial charge < -0.3 is 4.57 Å². The van der Waals surface area contributed by atoms with Gasteiger partial charge in [-0.05, 0) is 41.6 Å². The van der Waals surface area contributed by atoms with Crippen LogP contribution in [0.15, 0.2) is 59.6 Å². The third kappa shape index (κ3) is 2.96. The van der Waals surface area contributed by atoms with E-state index in [-0.39, 0.29) is 17.0 Å². The Hall–Kier alpha value is -2.86. The van der Waals surface area contributed by atoms with E-state index in [1.54, 1.807) is 18.2 Å². The van der Waals surface area contributed by atoms with Gasteiger partial charge in [-0.25, -0.2) is 4.39 Å². The summed E-state index contributed by atoms with van der Waals surface area (Å²) in [4.78, 5) is 23.4. The van der Waals surface area contributed by atoms with E-state index in [0.29, 0.717) is 17.0 Å². The van der Waals surface area contributed by atoms with Gasteiger partial charge >= 0.3 is 0 Å². The SMILES string of the molecule is O=C1NC(=O)/C(=C/c2cccc3c2ccn3Cc2ccccc2F)S1. The summed E-state index contributed by atoms with van der Waals surface area (Å²) in [5.41, 5.74) is 2.39. The molecule has 0 spiro atoms. The normalized spacial score (nSPS) is 16.0. The Labute approximate surface area is 147 Å². The van der Waals surface area contributed by atoms with E-state index in [9.17, 15) is 14.0 Å². The Bertz CT molecular complexity index is 1040. The number of benzene rings is 2. The molecule has 4 nitrogen and oxygen atoms in total. The minimum Gasteiger partial charge on any atom is -0.343 e. The van der Waals surface area contributed by atoms with Gasteiger partial charge in [0, 0.05) is 22.7 Å². The van der Waals surface area contributed by atoms with Gasteiger partial charge in [0.2, 0.25) is 0 Å². The molecule has 1 aromatic heterocycles. The number of fused-ring (bicyclic) bond motifs is 1. The molecule has 3 aromatic rings. The van der Waals surface area contributed by atoms with Crippen molar-refractivity contribution < 1.29 is 14.0 Å². The second kappa shape index (κ2) is 6.22. The van der Waals surface area contributed by atoms with Crippen LogP contribution in [-0.4, -0.2) is 15.7 Å². The fraction of sp³-hybridized carbons (Fsp3) is 0.0526. The van der Waals surface area contributed by atoms with Crippen molar-refractivity contribution in [3.8, 4) is 0 Å². The summed E-state index contributed by atoms with van der Waals surface area (Å²) >= 11 is 0.894. The Morgan fingerprint density at radius 1 is 1.08 bits per heavy atom. The fourth-order valence-corrected chi connectivity index (χ4v) is 3.56. The molecule has 1 aliphatic heterocycles. The lowest BCUT2D eigenvalue weighted by molar-refractivity contribution is -0.115. The molecule has 1 N–H and O–H groups in total. The van der Waals surface area contributed by atoms with Gasteiger partial charge in [-0.3, -0.25) is 14.9 Å². The van der Waals surface area contributed by atoms with Crippen LogP contribution in [0.1, 0.15) is 11.1 Å². The zero-order valence-corrected chi connectivity index (χ0v) is 13.8. The molecule has 2 heterocycles. The second-order valence-corrected chi connectivity index (χ2v) is 6.68. The van der Waals surface area contributed by atoms with Crippen LogP contribution in [0.5, 0.6) is 0 Å². The number of halogens is 1. The van der Waals surface area contributed by atoms with Crippen LogP contribution in [0.25, 0.3) is 17.0 Å². The summed E-state index contributed by atoms with van der Waals surface area (Å²) < 4.78 is 15.9. The van der Waals surface area contributed by atoms with Gasteiger partial charge in [0.25, 0.3) is 11.1 Å². The van der Waals surface area contributed by atoms with E-state index in [1.807, 2.05) is 41.1 Å². The molecule has 2 amide bonds. The molecule has 1 saturated heterocycles. The van der Waals surface area contributed by atoms with Gasteiger partial charge in [0.1, 0.15) is 5.82 Å². The first-order valence-electron chi connectivity index (χ1n) is 7.68. The number of nitrogens with one attached hydrogen (secondary N) is 1. The summed E-state index contributed by atoms with van der Waals surface area (Å²) in [5.74, 6) is -0.613. The fourth-order valence-electron chi connectivity index (χ4n) is 2.88. The van der Waals surface area contributed by atoms with Crippen molar-refractivity contribution >= 4 is 39.9 Å². The van der Waals surface area contributed by atoms with Crippen molar-refractivity contribution in [2.75, 3.05) is 0 Å². The van der Waals surface area contributed by atoms with Crippen molar-refractivity contribution in [1.29, 1.82) is 0 Å². The van der Waals surface area contributed by atoms with Crippen LogP contribution < -0.4 is 5.32 Å². The topological polar surface area (TPSA) is 51.1 Å². The monoisotopic (exact) mass is 352 g/mol. The standard InChI is InChI=1S/C19H13FN2O2S/c20-15-6-2-1-4-13(15)11-22-9-8-14-12(5-3-7-16(14)22)10-17-18(23)21-19(24)25-17/h1-10H,11H2,(H,21,23,24)/b17-10-. The Kier molecular flexibility index (Phi) is 3.89. The maximum atomic E-state index is 13.9. The predicted molar refractivity (Wildman–Crippen MR) is 96.5 cm³/mol. The minimum atomic E-state index is -0.377. The lowest BCUT2D eigenvalue weighted by atomic mass is 10.1. The zero-order chi connectivity index (χ0) is 17.4. The molecule has 1 aliphatic rings. The Morgan fingerprint density at radius 3 is 2.68 bits per heavy atom. The average molecular weight is 352 g/mol. The lowest BCUT2D eigenvalue weighted by Gasteiger charge is -2.07. The highest BCUT2D eigenvalue weighted by Gasteiger charge is 2.25. The molecule has 0 aliphatic carbocycles. The third-order valence-electron chi connectivity index (χ3n) is 4.07. The van der Waals surface area contributed by atoms with Crippen molar-refractivity contribution in [3.63, 3.8) is 0 Å². The molecular weight excluding hydrogens is 339 g/mol. The van der Waals surface area contributed by atoms with E-state index in [2.05, 4.69) is 5.32 Å². The van der Waals surface area contributed by atoms with Crippen LogP contribution in [0.2, 0.25) is 0 Å². The second-order valence-electron chi connectivity index (χ2n) is 5.67. The summed E-state index contributed by atoms with van der Waals surface area (Å²) in [5, 5.41) is 2.83. The highest BCUT2D eigenvalue weighted by atomic mass is 32.2. The first-order chi connectivity index (χ1) is 12.1. The molecule has 0 unspecified atom stereocenters. The lowest BCUT2D eigenvalue weighted by Crippen LogP contribution is -2.17. The Morgan fingerprint density at radius 2 is 1.92 bits per heavy atom. The molecule has 6 heteroatoms. The number of carbonyl (C=O) groups excluding carboxylic acids is 2. The Balaban J connectivity index is 1.74. The maximum Gasteiger partial charge on any atom is 0.290 e. The molecule has 4 rings (SSSR count). The number of hydrogen-bond donors (Lipinski definition) is 1. The molecule has 2 aromatic carbocycles. The number of nitrogens with zero attached hydrogens (tertiary/aromatic N) is 1. The van der Waals surface area contributed by atoms with E-state index in [4.69, 9.17) is 0 Å². The van der Waals surface area contributed by atoms with E-state index >= 15 is 0 Å². The molecule has 25 heavy (non-hydrogen) atoms. The first kappa shape index (κ1) is 15.7. The van der Waals surface area contributed by atoms with Crippen molar-refractivity contribution in [3.05, 3.63) is 76.6 Å². The van der Waals surface area contributed by atoms with Gasteiger partial charge in [-0.15, -0.1) is 0 Å². The summed E-state index contributed by atoms with van der Waals surface area (Å²) in [6, 6.07) is 14.3. The van der Waals surface area contributed by atoms with Gasteiger partial charge in [-0.2, -0.15) is 0 Å². The number of thioether (sulfide) groups is 1. The largest absolute Gasteiger partial charge is 0.343 e. The molecular formula is C19H13FN2O2S. The number of hydrogen-bond acceptors (Lipinski definition) is 3. The first-order valence-corrected chi connectivity index (χ1v) is 8.49. The number of amides is 2. The van der Waals surface area contributed by atoms with Gasteiger partial charge in [0.05, 0.1) is 11.4 Å². The van der Waals surface area contributed by atoms with Crippen LogP contribution in [-0.2, 0) is 11.3 Å². The smallest absolute Gasteiger partial charge is 0.290 e. The van der Waals surface area contributed by atoms with Crippen LogP contribution in [0.3, 0.4) is 0 Å². The van der Waals surface area contributed by atoms with E-state index in [0.717, 1.165) is 28.2 Å². The summed E-state index contributed by atoms with van der Waals surface area (Å²) in [7, 11) is 0. The third-order valence-corrected chi connectivity index (χ3v) is 4.89. The van der Waals surface area contributed by atoms with Crippen molar-refractivity contribution in [2.24, 2.45) is 0 Å². The molecule has 0 saturated carbocycles. The number of aromatic nitrogens is 1. The van der Waals surface area contributed by atoms with Crippen LogP contribution >= 0.6 is 11.8 Å². The number of imide groups is 1. The maximum absolute atomic E-state index is 13.9. The minimum absolute atomic E-state index is 0.236. The van der Waals surface area contributed by atoms with Crippen molar-refractivity contribution in [2.45, 2.75) is 6.54 Å². The van der Waals surface area contributed by atoms with Crippen LogP contribution in [0.4, 0.5) is 9.18 Å². The van der Waals surface area contributed by atoms with Crippen LogP contribution in [0, 0.1) is 5.82 Å². The molecule has 0 radical (unpaired) electrons. The number of carbonyl (C=O) groups is 2. The summed E-state index contributed by atoms with van der Waals surface area (Å²) in [6.45, 7) is 0.421. The van der Waals surface area contributed by atoms with Gasteiger partial charge in [0.15, 0.2) is 0 Å². The number of rotatable bonds is 3. The zero-order valence-electron chi connectivity index (χ0n) is 13.0. The highest BCUT2D eigenvalue weighted by molar-refractivity contribution is 8.18. The summed E-state index contributed by atoms with van der Waals surface area (Å²) in [6.07, 6.45) is 3.60. The molecule has 124 valence electrons.